The molecule has 0 radical (unpaired) electrons. The predicted molar refractivity (Wildman–Crippen MR) is 136 cm³/mol. The molecule has 8 heteroatoms. The SMILES string of the molecule is COc1ccc2ncc(Cl)c([C@@H](O)CCC3(CO)CCN(CC#Cc4ccc(F)cc4F)CC3)c2c1. The molecule has 190 valence electrons. The van der Waals surface area contributed by atoms with Crippen molar-refractivity contribution in [2.45, 2.75) is 31.8 Å². The van der Waals surface area contributed by atoms with Crippen LogP contribution in [0.25, 0.3) is 10.9 Å². The van der Waals surface area contributed by atoms with E-state index in [0.717, 1.165) is 42.9 Å². The molecular formula is C28H29ClF2N2O3. The minimum Gasteiger partial charge on any atom is -0.497 e. The fraction of sp³-hybridized carbons (Fsp3) is 0.393. The second-order valence-electron chi connectivity index (χ2n) is 9.32. The van der Waals surface area contributed by atoms with Crippen molar-refractivity contribution in [1.82, 2.24) is 9.88 Å². The van der Waals surface area contributed by atoms with E-state index in [2.05, 4.69) is 21.7 Å². The summed E-state index contributed by atoms with van der Waals surface area (Å²) in [6.07, 6.45) is 3.32. The molecule has 0 amide bonds. The quantitative estimate of drug-likeness (QED) is 0.429. The third-order valence-corrected chi connectivity index (χ3v) is 7.36. The first-order valence-electron chi connectivity index (χ1n) is 11.9. The van der Waals surface area contributed by atoms with Gasteiger partial charge in [0.2, 0.25) is 0 Å². The molecule has 2 aromatic carbocycles. The molecule has 0 bridgehead atoms. The van der Waals surface area contributed by atoms with Gasteiger partial charge < -0.3 is 14.9 Å². The van der Waals surface area contributed by atoms with Crippen LogP contribution in [0, 0.1) is 28.9 Å². The van der Waals surface area contributed by atoms with Gasteiger partial charge in [0, 0.05) is 29.8 Å². The molecule has 2 N–H and O–H groups in total. The zero-order valence-electron chi connectivity index (χ0n) is 20.1. The molecule has 1 aliphatic heterocycles. The summed E-state index contributed by atoms with van der Waals surface area (Å²) in [5.41, 5.74) is 1.21. The maximum atomic E-state index is 13.8. The van der Waals surface area contributed by atoms with Crippen LogP contribution in [-0.4, -0.2) is 53.4 Å². The fourth-order valence-corrected chi connectivity index (χ4v) is 5.01. The number of piperidine rings is 1. The number of hydrogen-bond acceptors (Lipinski definition) is 5. The number of pyridine rings is 1. The Labute approximate surface area is 214 Å². The van der Waals surface area contributed by atoms with Crippen LogP contribution in [0.15, 0.2) is 42.6 Å². The van der Waals surface area contributed by atoms with Gasteiger partial charge in [0.15, 0.2) is 0 Å². The molecule has 3 aromatic rings. The highest BCUT2D eigenvalue weighted by Gasteiger charge is 2.34. The van der Waals surface area contributed by atoms with Crippen molar-refractivity contribution in [2.75, 3.05) is 33.4 Å². The minimum absolute atomic E-state index is 0.0265. The number of likely N-dealkylation sites (tertiary alicyclic amines) is 1. The van der Waals surface area contributed by atoms with Crippen molar-refractivity contribution in [3.05, 3.63) is 70.4 Å². The summed E-state index contributed by atoms with van der Waals surface area (Å²) in [5.74, 6) is 5.09. The van der Waals surface area contributed by atoms with Crippen molar-refractivity contribution < 1.29 is 23.7 Å². The maximum Gasteiger partial charge on any atom is 0.141 e. The van der Waals surface area contributed by atoms with Crippen LogP contribution in [0.1, 0.15) is 42.9 Å². The van der Waals surface area contributed by atoms with Gasteiger partial charge in [-0.25, -0.2) is 8.78 Å². The standard InChI is InChI=1S/C28H29ClF2N2O3/c1-36-21-6-7-25-22(16-21)27(23(29)17-32-25)26(35)8-9-28(18-34)10-13-33(14-11-28)12-2-3-19-4-5-20(30)15-24(19)31/h4-7,15-17,26,34-35H,8-14,18H2,1H3/t26-/m0/s1. The summed E-state index contributed by atoms with van der Waals surface area (Å²) in [6.45, 7) is 1.95. The van der Waals surface area contributed by atoms with Crippen LogP contribution in [0.4, 0.5) is 8.78 Å². The van der Waals surface area contributed by atoms with Crippen molar-refractivity contribution in [2.24, 2.45) is 5.41 Å². The Morgan fingerprint density at radius 2 is 1.97 bits per heavy atom. The number of methoxy groups -OCH3 is 1. The van der Waals surface area contributed by atoms with E-state index in [1.165, 1.54) is 12.1 Å². The highest BCUT2D eigenvalue weighted by molar-refractivity contribution is 6.32. The van der Waals surface area contributed by atoms with Crippen LogP contribution in [0.3, 0.4) is 0 Å². The first-order chi connectivity index (χ1) is 17.3. The van der Waals surface area contributed by atoms with Gasteiger partial charge in [-0.15, -0.1) is 0 Å². The molecule has 0 unspecified atom stereocenters. The smallest absolute Gasteiger partial charge is 0.141 e. The molecule has 4 rings (SSSR count). The van der Waals surface area contributed by atoms with Crippen molar-refractivity contribution in [3.8, 4) is 17.6 Å². The third kappa shape index (κ3) is 5.96. The normalized spacial score (nSPS) is 16.4. The largest absolute Gasteiger partial charge is 0.497 e. The highest BCUT2D eigenvalue weighted by atomic mass is 35.5. The molecular weight excluding hydrogens is 486 g/mol. The topological polar surface area (TPSA) is 65.8 Å². The average molecular weight is 515 g/mol. The fourth-order valence-electron chi connectivity index (χ4n) is 4.73. The summed E-state index contributed by atoms with van der Waals surface area (Å²) in [4.78, 5) is 6.50. The van der Waals surface area contributed by atoms with Gasteiger partial charge in [-0.2, -0.15) is 0 Å². The van der Waals surface area contributed by atoms with E-state index in [9.17, 15) is 19.0 Å². The van der Waals surface area contributed by atoms with Gasteiger partial charge in [0.25, 0.3) is 0 Å². The van der Waals surface area contributed by atoms with Crippen LogP contribution < -0.4 is 4.74 Å². The number of aromatic nitrogens is 1. The lowest BCUT2D eigenvalue weighted by Crippen LogP contribution is -2.42. The summed E-state index contributed by atoms with van der Waals surface area (Å²) in [5, 5.41) is 22.5. The minimum atomic E-state index is -0.812. The van der Waals surface area contributed by atoms with Crippen molar-refractivity contribution in [1.29, 1.82) is 0 Å². The molecule has 0 spiro atoms. The molecule has 5 nitrogen and oxygen atoms in total. The number of ether oxygens (including phenoxy) is 1. The average Bonchev–Trinajstić information content (AvgIpc) is 2.89. The van der Waals surface area contributed by atoms with E-state index in [-0.39, 0.29) is 17.6 Å². The van der Waals surface area contributed by atoms with E-state index in [1.807, 2.05) is 18.2 Å². The van der Waals surface area contributed by atoms with E-state index in [0.29, 0.717) is 35.7 Å². The molecule has 1 saturated heterocycles. The number of fused-ring (bicyclic) bond motifs is 1. The molecule has 0 aliphatic carbocycles. The number of rotatable bonds is 7. The third-order valence-electron chi connectivity index (χ3n) is 7.06. The van der Waals surface area contributed by atoms with Gasteiger partial charge >= 0.3 is 0 Å². The molecule has 0 saturated carbocycles. The Morgan fingerprint density at radius 1 is 1.19 bits per heavy atom. The molecule has 1 atom stereocenters. The van der Waals surface area contributed by atoms with Crippen molar-refractivity contribution in [3.63, 3.8) is 0 Å². The highest BCUT2D eigenvalue weighted by Crippen LogP contribution is 2.40. The second-order valence-corrected chi connectivity index (χ2v) is 9.72. The molecule has 1 fully saturated rings. The zero-order valence-corrected chi connectivity index (χ0v) is 20.9. The summed E-state index contributed by atoms with van der Waals surface area (Å²) in [7, 11) is 1.58. The van der Waals surface area contributed by atoms with Crippen LogP contribution >= 0.6 is 11.6 Å². The Balaban J connectivity index is 1.38. The summed E-state index contributed by atoms with van der Waals surface area (Å²) in [6, 6.07) is 8.83. The predicted octanol–water partition coefficient (Wildman–Crippen LogP) is 5.11. The number of aliphatic hydroxyl groups excluding tert-OH is 2. The molecule has 1 aliphatic rings. The Morgan fingerprint density at radius 3 is 2.67 bits per heavy atom. The summed E-state index contributed by atoms with van der Waals surface area (Å²) < 4.78 is 32.1. The monoisotopic (exact) mass is 514 g/mol. The summed E-state index contributed by atoms with van der Waals surface area (Å²) >= 11 is 6.44. The van der Waals surface area contributed by atoms with E-state index in [4.69, 9.17) is 16.3 Å². The van der Waals surface area contributed by atoms with Crippen molar-refractivity contribution >= 4 is 22.5 Å². The lowest BCUT2D eigenvalue weighted by molar-refractivity contribution is 0.0273. The number of aliphatic hydroxyl groups is 2. The number of nitrogens with zero attached hydrogens (tertiary/aromatic N) is 2. The molecule has 36 heavy (non-hydrogen) atoms. The molecule has 1 aromatic heterocycles. The van der Waals surface area contributed by atoms with Gasteiger partial charge in [0.1, 0.15) is 17.4 Å². The van der Waals surface area contributed by atoms with Crippen LogP contribution in [-0.2, 0) is 0 Å². The first kappa shape index (κ1) is 26.3. The van der Waals surface area contributed by atoms with E-state index < -0.39 is 17.7 Å². The Kier molecular flexibility index (Phi) is 8.43. The van der Waals surface area contributed by atoms with E-state index in [1.54, 1.807) is 13.3 Å². The number of halogens is 3. The van der Waals surface area contributed by atoms with Crippen LogP contribution in [0.5, 0.6) is 5.75 Å². The first-order valence-corrected chi connectivity index (χ1v) is 12.3. The van der Waals surface area contributed by atoms with Gasteiger partial charge in [-0.3, -0.25) is 9.88 Å². The van der Waals surface area contributed by atoms with Gasteiger partial charge in [0.05, 0.1) is 35.9 Å². The molecule has 2 heterocycles. The number of hydrogen-bond donors (Lipinski definition) is 2. The lowest BCUT2D eigenvalue weighted by atomic mass is 9.74. The van der Waals surface area contributed by atoms with E-state index >= 15 is 0 Å². The van der Waals surface area contributed by atoms with Gasteiger partial charge in [-0.1, -0.05) is 23.4 Å². The second kappa shape index (κ2) is 11.5. The maximum absolute atomic E-state index is 13.8. The lowest BCUT2D eigenvalue weighted by Gasteiger charge is -2.40. The zero-order chi connectivity index (χ0) is 25.7. The van der Waals surface area contributed by atoms with Gasteiger partial charge in [-0.05, 0) is 74.5 Å². The Hall–Kier alpha value is -2.76. The van der Waals surface area contributed by atoms with Crippen LogP contribution in [0.2, 0.25) is 5.02 Å². The number of benzene rings is 2. The Bertz CT molecular complexity index is 1280.